The first-order chi connectivity index (χ1) is 9.73. The third-order valence-corrected chi connectivity index (χ3v) is 4.13. The van der Waals surface area contributed by atoms with E-state index in [9.17, 15) is 22.7 Å². The topological polar surface area (TPSA) is 29.5 Å². The molecule has 0 aliphatic heterocycles. The average Bonchev–Trinajstić information content (AvgIpc) is 2.38. The summed E-state index contributed by atoms with van der Waals surface area (Å²) in [7, 11) is 1.35. The summed E-state index contributed by atoms with van der Waals surface area (Å²) in [5, 5.41) is 10.4. The summed E-state index contributed by atoms with van der Waals surface area (Å²) in [6.45, 7) is 0. The number of halogens is 4. The fraction of sp³-hybridized carbons (Fsp3) is 0.600. The first kappa shape index (κ1) is 16.1. The van der Waals surface area contributed by atoms with Gasteiger partial charge in [0.15, 0.2) is 11.6 Å². The maximum absolute atomic E-state index is 13.6. The number of benzene rings is 1. The van der Waals surface area contributed by atoms with E-state index in [-0.39, 0.29) is 37.9 Å². The third-order valence-electron chi connectivity index (χ3n) is 4.13. The molecule has 2 nitrogen and oxygen atoms in total. The van der Waals surface area contributed by atoms with Crippen LogP contribution < -0.4 is 4.74 Å². The monoisotopic (exact) mass is 306 g/mol. The summed E-state index contributed by atoms with van der Waals surface area (Å²) >= 11 is 0. The van der Waals surface area contributed by atoms with Crippen molar-refractivity contribution >= 4 is 0 Å². The second kappa shape index (κ2) is 5.83. The van der Waals surface area contributed by atoms with Crippen molar-refractivity contribution in [2.24, 2.45) is 5.92 Å². The van der Waals surface area contributed by atoms with Gasteiger partial charge in [-0.25, -0.2) is 4.39 Å². The molecule has 0 heterocycles. The second-order valence-electron chi connectivity index (χ2n) is 5.69. The van der Waals surface area contributed by atoms with Gasteiger partial charge in [-0.15, -0.1) is 0 Å². The minimum atomic E-state index is -4.20. The van der Waals surface area contributed by atoms with Gasteiger partial charge in [0, 0.05) is 6.42 Å². The number of alkyl halides is 3. The number of rotatable bonds is 3. The van der Waals surface area contributed by atoms with Gasteiger partial charge in [-0.3, -0.25) is 0 Å². The van der Waals surface area contributed by atoms with E-state index in [0.717, 1.165) is 0 Å². The van der Waals surface area contributed by atoms with Crippen LogP contribution in [0.5, 0.6) is 5.75 Å². The molecule has 0 spiro atoms. The molecule has 0 atom stereocenters. The summed E-state index contributed by atoms with van der Waals surface area (Å²) in [6, 6.07) is 4.33. The Hall–Kier alpha value is -1.30. The lowest BCUT2D eigenvalue weighted by Gasteiger charge is -2.36. The number of methoxy groups -OCH3 is 1. The summed E-state index contributed by atoms with van der Waals surface area (Å²) < 4.78 is 56.2. The van der Waals surface area contributed by atoms with Gasteiger partial charge < -0.3 is 9.84 Å². The molecular weight excluding hydrogens is 288 g/mol. The third kappa shape index (κ3) is 3.87. The van der Waals surface area contributed by atoms with Gasteiger partial charge in [0.2, 0.25) is 0 Å². The number of aliphatic hydroxyl groups is 1. The number of ether oxygens (including phenoxy) is 1. The van der Waals surface area contributed by atoms with Crippen LogP contribution in [0.2, 0.25) is 0 Å². The van der Waals surface area contributed by atoms with Gasteiger partial charge in [-0.05, 0) is 43.4 Å². The Bertz CT molecular complexity index is 491. The van der Waals surface area contributed by atoms with Gasteiger partial charge in [-0.2, -0.15) is 13.2 Å². The predicted molar refractivity (Wildman–Crippen MR) is 69.6 cm³/mol. The summed E-state index contributed by atoms with van der Waals surface area (Å²) in [6.07, 6.45) is -4.07. The van der Waals surface area contributed by atoms with Crippen LogP contribution in [0.4, 0.5) is 17.6 Å². The van der Waals surface area contributed by atoms with E-state index in [1.54, 1.807) is 6.07 Å². The van der Waals surface area contributed by atoms with Gasteiger partial charge in [0.25, 0.3) is 0 Å². The maximum Gasteiger partial charge on any atom is 0.391 e. The Morgan fingerprint density at radius 2 is 1.90 bits per heavy atom. The van der Waals surface area contributed by atoms with Crippen molar-refractivity contribution in [2.75, 3.05) is 7.11 Å². The Morgan fingerprint density at radius 3 is 2.38 bits per heavy atom. The Labute approximate surface area is 120 Å². The van der Waals surface area contributed by atoms with E-state index in [2.05, 4.69) is 0 Å². The van der Waals surface area contributed by atoms with E-state index in [4.69, 9.17) is 4.74 Å². The normalized spacial score (nSPS) is 26.7. The van der Waals surface area contributed by atoms with Gasteiger partial charge in [-0.1, -0.05) is 6.07 Å². The average molecular weight is 306 g/mol. The van der Waals surface area contributed by atoms with Gasteiger partial charge in [0.1, 0.15) is 0 Å². The van der Waals surface area contributed by atoms with Crippen molar-refractivity contribution < 1.29 is 27.4 Å². The molecule has 21 heavy (non-hydrogen) atoms. The minimum Gasteiger partial charge on any atom is -0.494 e. The van der Waals surface area contributed by atoms with E-state index in [1.165, 1.54) is 19.2 Å². The first-order valence-electron chi connectivity index (χ1n) is 6.85. The highest BCUT2D eigenvalue weighted by atomic mass is 19.4. The SMILES string of the molecule is COc1ccc(CC2(O)CCC(C(F)(F)F)CC2)cc1F. The number of hydrogen-bond donors (Lipinski definition) is 1. The molecule has 118 valence electrons. The minimum absolute atomic E-state index is 0.0742. The highest BCUT2D eigenvalue weighted by molar-refractivity contribution is 5.30. The van der Waals surface area contributed by atoms with Crippen molar-refractivity contribution in [3.05, 3.63) is 29.6 Å². The lowest BCUT2D eigenvalue weighted by atomic mass is 9.75. The second-order valence-corrected chi connectivity index (χ2v) is 5.69. The maximum atomic E-state index is 13.6. The molecule has 0 saturated heterocycles. The molecule has 1 aliphatic carbocycles. The lowest BCUT2D eigenvalue weighted by Crippen LogP contribution is -2.39. The Balaban J connectivity index is 2.02. The summed E-state index contributed by atoms with van der Waals surface area (Å²) in [5.74, 6) is -1.78. The predicted octanol–water partition coefficient (Wildman–Crippen LogP) is 3.86. The van der Waals surface area contributed by atoms with Crippen LogP contribution in [0.25, 0.3) is 0 Å². The van der Waals surface area contributed by atoms with Crippen molar-refractivity contribution in [1.82, 2.24) is 0 Å². The van der Waals surface area contributed by atoms with Crippen LogP contribution in [0, 0.1) is 11.7 Å². The van der Waals surface area contributed by atoms with E-state index in [1.807, 2.05) is 0 Å². The summed E-state index contributed by atoms with van der Waals surface area (Å²) in [5.41, 5.74) is -0.635. The first-order valence-corrected chi connectivity index (χ1v) is 6.85. The van der Waals surface area contributed by atoms with E-state index < -0.39 is 23.5 Å². The van der Waals surface area contributed by atoms with Crippen LogP contribution in [0.3, 0.4) is 0 Å². The fourth-order valence-electron chi connectivity index (χ4n) is 2.86. The molecule has 6 heteroatoms. The van der Waals surface area contributed by atoms with Crippen LogP contribution in [-0.2, 0) is 6.42 Å². The molecule has 1 fully saturated rings. The highest BCUT2D eigenvalue weighted by Gasteiger charge is 2.45. The zero-order chi connectivity index (χ0) is 15.7. The molecule has 0 unspecified atom stereocenters. The molecule has 1 aromatic carbocycles. The fourth-order valence-corrected chi connectivity index (χ4v) is 2.86. The molecular formula is C15H18F4O2. The zero-order valence-electron chi connectivity index (χ0n) is 11.7. The van der Waals surface area contributed by atoms with Gasteiger partial charge in [0.05, 0.1) is 18.6 Å². The molecule has 1 N–H and O–H groups in total. The summed E-state index contributed by atoms with van der Waals surface area (Å²) in [4.78, 5) is 0. The number of hydrogen-bond acceptors (Lipinski definition) is 2. The quantitative estimate of drug-likeness (QED) is 0.859. The zero-order valence-corrected chi connectivity index (χ0v) is 11.7. The van der Waals surface area contributed by atoms with Crippen molar-refractivity contribution in [3.8, 4) is 5.75 Å². The standard InChI is InChI=1S/C15H18F4O2/c1-21-13-3-2-10(8-12(13)16)9-14(20)6-4-11(5-7-14)15(17,18)19/h2-3,8,11,20H,4-7,9H2,1H3. The van der Waals surface area contributed by atoms with Crippen molar-refractivity contribution in [1.29, 1.82) is 0 Å². The molecule has 0 amide bonds. The molecule has 1 aliphatic rings. The molecule has 0 aromatic heterocycles. The van der Waals surface area contributed by atoms with Crippen molar-refractivity contribution in [3.63, 3.8) is 0 Å². The van der Waals surface area contributed by atoms with E-state index in [0.29, 0.717) is 5.56 Å². The molecule has 2 rings (SSSR count). The smallest absolute Gasteiger partial charge is 0.391 e. The Kier molecular flexibility index (Phi) is 4.46. The highest BCUT2D eigenvalue weighted by Crippen LogP contribution is 2.42. The Morgan fingerprint density at radius 1 is 1.29 bits per heavy atom. The largest absolute Gasteiger partial charge is 0.494 e. The van der Waals surface area contributed by atoms with Crippen LogP contribution in [0.1, 0.15) is 31.2 Å². The lowest BCUT2D eigenvalue weighted by molar-refractivity contribution is -0.192. The molecule has 0 radical (unpaired) electrons. The molecule has 1 aromatic rings. The van der Waals surface area contributed by atoms with Crippen LogP contribution >= 0.6 is 0 Å². The van der Waals surface area contributed by atoms with E-state index >= 15 is 0 Å². The molecule has 0 bridgehead atoms. The van der Waals surface area contributed by atoms with Crippen LogP contribution in [0.15, 0.2) is 18.2 Å². The van der Waals surface area contributed by atoms with Crippen molar-refractivity contribution in [2.45, 2.75) is 43.9 Å². The van der Waals surface area contributed by atoms with Gasteiger partial charge >= 0.3 is 6.18 Å². The van der Waals surface area contributed by atoms with Crippen LogP contribution in [-0.4, -0.2) is 24.0 Å². The molecule has 1 saturated carbocycles.